The van der Waals surface area contributed by atoms with Crippen molar-refractivity contribution in [3.8, 4) is 0 Å². The van der Waals surface area contributed by atoms with Gasteiger partial charge in [-0.3, -0.25) is 14.6 Å². The van der Waals surface area contributed by atoms with E-state index in [1.54, 1.807) is 37.4 Å². The minimum Gasteiger partial charge on any atom is -0.322 e. The Kier molecular flexibility index (Phi) is 4.35. The number of sulfonamides is 1. The molecule has 2 amide bonds. The molecule has 0 spiro atoms. The predicted molar refractivity (Wildman–Crippen MR) is 105 cm³/mol. The fourth-order valence-electron chi connectivity index (χ4n) is 3.20. The van der Waals surface area contributed by atoms with Crippen molar-refractivity contribution in [3.05, 3.63) is 65.9 Å². The number of benzene rings is 2. The lowest BCUT2D eigenvalue weighted by molar-refractivity contribution is 0.0870. The van der Waals surface area contributed by atoms with Gasteiger partial charge in [-0.1, -0.05) is 13.0 Å². The number of anilines is 1. The van der Waals surface area contributed by atoms with E-state index in [1.165, 1.54) is 18.2 Å². The van der Waals surface area contributed by atoms with Crippen molar-refractivity contribution in [2.24, 2.45) is 0 Å². The maximum absolute atomic E-state index is 12.6. The molecule has 0 aliphatic carbocycles. The molecule has 142 valence electrons. The Hall–Kier alpha value is -3.26. The molecule has 3 aromatic rings. The molecule has 4 rings (SSSR count). The van der Waals surface area contributed by atoms with Crippen LogP contribution in [0.25, 0.3) is 10.9 Å². The van der Waals surface area contributed by atoms with E-state index in [-0.39, 0.29) is 22.6 Å². The van der Waals surface area contributed by atoms with E-state index in [4.69, 9.17) is 0 Å². The molecule has 0 unspecified atom stereocenters. The Labute approximate surface area is 162 Å². The maximum Gasteiger partial charge on any atom is 0.269 e. The minimum atomic E-state index is -3.92. The number of nitrogens with one attached hydrogen (secondary N) is 1. The molecule has 1 N–H and O–H groups in total. The smallest absolute Gasteiger partial charge is 0.269 e. The summed E-state index contributed by atoms with van der Waals surface area (Å²) < 4.78 is 26.1. The van der Waals surface area contributed by atoms with E-state index < -0.39 is 21.8 Å². The lowest BCUT2D eigenvalue weighted by atomic mass is 10.1. The number of rotatable bonds is 4. The monoisotopic (exact) mass is 395 g/mol. The predicted octanol–water partition coefficient (Wildman–Crippen LogP) is 3.04. The molecule has 0 saturated heterocycles. The first-order valence-corrected chi connectivity index (χ1v) is 10.2. The highest BCUT2D eigenvalue weighted by Crippen LogP contribution is 2.31. The fourth-order valence-corrected chi connectivity index (χ4v) is 4.88. The van der Waals surface area contributed by atoms with Gasteiger partial charge in [0.25, 0.3) is 21.8 Å². The number of pyridine rings is 1. The minimum absolute atomic E-state index is 0.0989. The highest BCUT2D eigenvalue weighted by molar-refractivity contribution is 7.90. The van der Waals surface area contributed by atoms with Crippen LogP contribution in [0.3, 0.4) is 0 Å². The molecule has 0 fully saturated rings. The Balaban J connectivity index is 1.65. The number of hydrogen-bond donors (Lipinski definition) is 1. The zero-order valence-electron chi connectivity index (χ0n) is 15.0. The van der Waals surface area contributed by atoms with Gasteiger partial charge in [-0.25, -0.2) is 12.7 Å². The summed E-state index contributed by atoms with van der Waals surface area (Å²) in [4.78, 5) is 29.1. The van der Waals surface area contributed by atoms with Crippen molar-refractivity contribution in [2.75, 3.05) is 11.9 Å². The van der Waals surface area contributed by atoms with Crippen molar-refractivity contribution in [1.82, 2.24) is 9.29 Å². The van der Waals surface area contributed by atoms with Crippen LogP contribution in [0.5, 0.6) is 0 Å². The Morgan fingerprint density at radius 2 is 1.96 bits per heavy atom. The third kappa shape index (κ3) is 2.91. The zero-order chi connectivity index (χ0) is 19.9. The van der Waals surface area contributed by atoms with Crippen LogP contribution in [-0.2, 0) is 10.0 Å². The molecule has 7 nitrogen and oxygen atoms in total. The largest absolute Gasteiger partial charge is 0.322 e. The topological polar surface area (TPSA) is 96.4 Å². The van der Waals surface area contributed by atoms with Crippen LogP contribution in [-0.4, -0.2) is 36.1 Å². The van der Waals surface area contributed by atoms with Gasteiger partial charge in [-0.2, -0.15) is 0 Å². The molecular formula is C20H17N3O4S. The third-order valence-corrected chi connectivity index (χ3v) is 6.38. The van der Waals surface area contributed by atoms with E-state index >= 15 is 0 Å². The summed E-state index contributed by atoms with van der Waals surface area (Å²) in [5.41, 5.74) is 1.64. The first-order valence-electron chi connectivity index (χ1n) is 8.79. The molecule has 1 aromatic heterocycles. The van der Waals surface area contributed by atoms with E-state index in [0.29, 0.717) is 12.1 Å². The summed E-state index contributed by atoms with van der Waals surface area (Å²) in [6.07, 6.45) is 2.21. The van der Waals surface area contributed by atoms with Crippen LogP contribution < -0.4 is 5.32 Å². The number of nitrogens with zero attached hydrogens (tertiary/aromatic N) is 2. The van der Waals surface area contributed by atoms with Crippen LogP contribution in [0.1, 0.15) is 34.1 Å². The summed E-state index contributed by atoms with van der Waals surface area (Å²) in [6.45, 7) is 1.91. The van der Waals surface area contributed by atoms with Gasteiger partial charge in [-0.05, 0) is 48.9 Å². The van der Waals surface area contributed by atoms with E-state index in [2.05, 4.69) is 10.3 Å². The molecule has 1 aliphatic rings. The van der Waals surface area contributed by atoms with Crippen molar-refractivity contribution in [1.29, 1.82) is 0 Å². The number of aromatic nitrogens is 1. The normalized spacial score (nSPS) is 14.9. The van der Waals surface area contributed by atoms with Crippen LogP contribution in [0, 0.1) is 0 Å². The Bertz CT molecular complexity index is 1220. The summed E-state index contributed by atoms with van der Waals surface area (Å²) in [6, 6.07) is 13.1. The molecule has 0 atom stereocenters. The number of carbonyl (C=O) groups excluding carboxylic acids is 2. The number of hydrogen-bond acceptors (Lipinski definition) is 5. The molecule has 2 aromatic carbocycles. The van der Waals surface area contributed by atoms with Gasteiger partial charge in [-0.15, -0.1) is 0 Å². The zero-order valence-corrected chi connectivity index (χ0v) is 15.9. The van der Waals surface area contributed by atoms with Crippen LogP contribution in [0.15, 0.2) is 59.6 Å². The molecule has 0 bridgehead atoms. The molecular weight excluding hydrogens is 378 g/mol. The molecule has 8 heteroatoms. The van der Waals surface area contributed by atoms with Crippen molar-refractivity contribution >= 4 is 38.4 Å². The molecule has 28 heavy (non-hydrogen) atoms. The van der Waals surface area contributed by atoms with Gasteiger partial charge >= 0.3 is 0 Å². The first-order chi connectivity index (χ1) is 13.4. The van der Waals surface area contributed by atoms with E-state index in [0.717, 1.165) is 15.2 Å². The highest BCUT2D eigenvalue weighted by Gasteiger charge is 2.40. The van der Waals surface area contributed by atoms with Crippen molar-refractivity contribution in [3.63, 3.8) is 0 Å². The molecule has 0 saturated carbocycles. The van der Waals surface area contributed by atoms with Gasteiger partial charge < -0.3 is 5.32 Å². The van der Waals surface area contributed by atoms with Gasteiger partial charge in [0.15, 0.2) is 0 Å². The van der Waals surface area contributed by atoms with E-state index in [1.807, 2.05) is 6.07 Å². The van der Waals surface area contributed by atoms with Gasteiger partial charge in [0, 0.05) is 29.4 Å². The second kappa shape index (κ2) is 6.72. The second-order valence-corrected chi connectivity index (χ2v) is 8.29. The standard InChI is InChI=1S/C20H17N3O4S/c1-2-10-23-20(25)16-7-5-14(12-18(16)28(23,26)27)19(24)22-15-6-8-17-13(11-15)4-3-9-21-17/h3-9,11-12H,2,10H2,1H3,(H,22,24). The van der Waals surface area contributed by atoms with Crippen LogP contribution in [0.2, 0.25) is 0 Å². The molecule has 0 radical (unpaired) electrons. The molecule has 1 aliphatic heterocycles. The van der Waals surface area contributed by atoms with Gasteiger partial charge in [0.1, 0.15) is 4.90 Å². The lowest BCUT2D eigenvalue weighted by Crippen LogP contribution is -2.30. The number of fused-ring (bicyclic) bond motifs is 2. The average molecular weight is 395 g/mol. The third-order valence-electron chi connectivity index (χ3n) is 4.56. The Morgan fingerprint density at radius 3 is 2.75 bits per heavy atom. The number of carbonyl (C=O) groups is 2. The van der Waals surface area contributed by atoms with Gasteiger partial charge in [0.05, 0.1) is 11.1 Å². The summed E-state index contributed by atoms with van der Waals surface area (Å²) in [7, 11) is -3.92. The molecule has 2 heterocycles. The number of amides is 2. The van der Waals surface area contributed by atoms with Gasteiger partial charge in [0.2, 0.25) is 0 Å². The summed E-state index contributed by atoms with van der Waals surface area (Å²) in [5.74, 6) is -1.01. The average Bonchev–Trinajstić information content (AvgIpc) is 2.88. The quantitative estimate of drug-likeness (QED) is 0.732. The van der Waals surface area contributed by atoms with E-state index in [9.17, 15) is 18.0 Å². The van der Waals surface area contributed by atoms with Crippen LogP contribution in [0.4, 0.5) is 5.69 Å². The maximum atomic E-state index is 12.6. The van der Waals surface area contributed by atoms with Crippen molar-refractivity contribution < 1.29 is 18.0 Å². The highest BCUT2D eigenvalue weighted by atomic mass is 32.2. The van der Waals surface area contributed by atoms with Crippen LogP contribution >= 0.6 is 0 Å². The Morgan fingerprint density at radius 1 is 1.14 bits per heavy atom. The lowest BCUT2D eigenvalue weighted by Gasteiger charge is -2.13. The second-order valence-electron chi connectivity index (χ2n) is 6.46. The summed E-state index contributed by atoms with van der Waals surface area (Å²) in [5, 5.41) is 3.63. The van der Waals surface area contributed by atoms with Crippen molar-refractivity contribution in [2.45, 2.75) is 18.2 Å². The fraction of sp³-hybridized carbons (Fsp3) is 0.150. The first kappa shape index (κ1) is 18.1. The summed E-state index contributed by atoms with van der Waals surface area (Å²) >= 11 is 0. The SMILES string of the molecule is CCCN1C(=O)c2ccc(C(=O)Nc3ccc4ncccc4c3)cc2S1(=O)=O.